The van der Waals surface area contributed by atoms with Gasteiger partial charge in [0.1, 0.15) is 23.4 Å². The molecule has 0 saturated heterocycles. The van der Waals surface area contributed by atoms with Crippen molar-refractivity contribution in [3.63, 3.8) is 0 Å². The van der Waals surface area contributed by atoms with E-state index in [1.165, 1.54) is 0 Å². The van der Waals surface area contributed by atoms with Gasteiger partial charge in [-0.1, -0.05) is 12.1 Å². The summed E-state index contributed by atoms with van der Waals surface area (Å²) in [6.07, 6.45) is 1.05. The van der Waals surface area contributed by atoms with Gasteiger partial charge in [0.15, 0.2) is 0 Å². The van der Waals surface area contributed by atoms with Crippen LogP contribution in [0.1, 0.15) is 17.2 Å². The minimum Gasteiger partial charge on any atom is -0.496 e. The molecule has 1 aliphatic rings. The number of rotatable bonds is 3. The van der Waals surface area contributed by atoms with E-state index in [1.807, 2.05) is 41.3 Å². The first-order chi connectivity index (χ1) is 12.2. The van der Waals surface area contributed by atoms with Crippen LogP contribution in [0.15, 0.2) is 42.6 Å². The predicted molar refractivity (Wildman–Crippen MR) is 95.1 cm³/mol. The molecule has 0 bridgehead atoms. The Bertz CT molecular complexity index is 929. The first-order valence-corrected chi connectivity index (χ1v) is 8.10. The van der Waals surface area contributed by atoms with Gasteiger partial charge in [0.25, 0.3) is 0 Å². The number of para-hydroxylation sites is 2. The zero-order chi connectivity index (χ0) is 17.4. The molecule has 0 aliphatic carbocycles. The van der Waals surface area contributed by atoms with Gasteiger partial charge >= 0.3 is 0 Å². The van der Waals surface area contributed by atoms with E-state index in [4.69, 9.17) is 9.47 Å². The molecule has 0 amide bonds. The number of fused-ring (bicyclic) bond motifs is 2. The fraction of sp³-hybridized carbons (Fsp3) is 0.263. The maximum atomic E-state index is 10.7. The largest absolute Gasteiger partial charge is 0.496 e. The Hall–Kier alpha value is -2.86. The van der Waals surface area contributed by atoms with Gasteiger partial charge in [0, 0.05) is 17.7 Å². The molecule has 3 aromatic rings. The molecule has 6 nitrogen and oxygen atoms in total. The van der Waals surface area contributed by atoms with E-state index in [2.05, 4.69) is 9.97 Å². The molecule has 0 fully saturated rings. The van der Waals surface area contributed by atoms with E-state index in [0.29, 0.717) is 18.8 Å². The van der Waals surface area contributed by atoms with Crippen molar-refractivity contribution in [2.75, 3.05) is 25.7 Å². The summed E-state index contributed by atoms with van der Waals surface area (Å²) >= 11 is 0. The van der Waals surface area contributed by atoms with E-state index in [0.717, 1.165) is 33.7 Å². The van der Waals surface area contributed by atoms with E-state index in [1.54, 1.807) is 20.4 Å². The fourth-order valence-electron chi connectivity index (χ4n) is 3.35. The quantitative estimate of drug-likeness (QED) is 0.793. The third-order valence-electron chi connectivity index (χ3n) is 4.55. The average Bonchev–Trinajstić information content (AvgIpc) is 2.66. The lowest BCUT2D eigenvalue weighted by Gasteiger charge is -2.34. The summed E-state index contributed by atoms with van der Waals surface area (Å²) in [6, 6.07) is 11.4. The molecule has 1 atom stereocenters. The summed E-state index contributed by atoms with van der Waals surface area (Å²) in [5.74, 6) is 2.13. The molecule has 0 saturated carbocycles. The van der Waals surface area contributed by atoms with E-state index < -0.39 is 6.10 Å². The Morgan fingerprint density at radius 2 is 1.76 bits per heavy atom. The first-order valence-electron chi connectivity index (χ1n) is 8.10. The minimum atomic E-state index is -0.693. The average molecular weight is 337 g/mol. The highest BCUT2D eigenvalue weighted by Gasteiger charge is 2.30. The zero-order valence-electron chi connectivity index (χ0n) is 14.1. The van der Waals surface area contributed by atoms with Gasteiger partial charge in [-0.3, -0.25) is 4.98 Å². The Kier molecular flexibility index (Phi) is 3.89. The topological polar surface area (TPSA) is 67.7 Å². The Morgan fingerprint density at radius 1 is 1.04 bits per heavy atom. The molecule has 2 heterocycles. The number of benzene rings is 2. The van der Waals surface area contributed by atoms with Crippen LogP contribution < -0.4 is 14.4 Å². The number of anilines is 1. The smallest absolute Gasteiger partial charge is 0.148 e. The highest BCUT2D eigenvalue weighted by atomic mass is 16.5. The second kappa shape index (κ2) is 6.22. The van der Waals surface area contributed by atoms with Gasteiger partial charge in [-0.25, -0.2) is 4.98 Å². The van der Waals surface area contributed by atoms with Crippen molar-refractivity contribution in [1.29, 1.82) is 0 Å². The van der Waals surface area contributed by atoms with Crippen molar-refractivity contribution in [3.8, 4) is 11.5 Å². The fourth-order valence-corrected chi connectivity index (χ4v) is 3.35. The second-order valence-electron chi connectivity index (χ2n) is 5.98. The normalized spacial score (nSPS) is 16.6. The number of hydrogen-bond acceptors (Lipinski definition) is 6. The Morgan fingerprint density at radius 3 is 2.52 bits per heavy atom. The van der Waals surface area contributed by atoms with Crippen molar-refractivity contribution in [2.45, 2.75) is 12.6 Å². The monoisotopic (exact) mass is 337 g/mol. The highest BCUT2D eigenvalue weighted by Crippen LogP contribution is 2.40. The van der Waals surface area contributed by atoms with Crippen LogP contribution in [0.5, 0.6) is 11.5 Å². The van der Waals surface area contributed by atoms with Crippen molar-refractivity contribution < 1.29 is 14.6 Å². The Labute approximate surface area is 145 Å². The van der Waals surface area contributed by atoms with Crippen LogP contribution in [0.25, 0.3) is 11.0 Å². The van der Waals surface area contributed by atoms with Crippen molar-refractivity contribution in [2.24, 2.45) is 0 Å². The first kappa shape index (κ1) is 15.7. The molecule has 0 unspecified atom stereocenters. The van der Waals surface area contributed by atoms with Crippen molar-refractivity contribution in [1.82, 2.24) is 9.97 Å². The summed E-state index contributed by atoms with van der Waals surface area (Å²) in [5, 5.41) is 10.7. The standard InChI is InChI=1S/C19H19N3O3/c1-24-16-7-8-17(25-2)19-12(16)10-22(11-15(19)23)18-9-20-13-5-3-4-6-14(13)21-18/h3-9,15,23H,10-11H2,1-2H3/t15-/m0/s1. The van der Waals surface area contributed by atoms with E-state index in [9.17, 15) is 5.11 Å². The number of aliphatic hydroxyl groups is 1. The van der Waals surface area contributed by atoms with Gasteiger partial charge in [-0.15, -0.1) is 0 Å². The van der Waals surface area contributed by atoms with Crippen LogP contribution in [0.2, 0.25) is 0 Å². The van der Waals surface area contributed by atoms with Crippen molar-refractivity contribution >= 4 is 16.9 Å². The summed E-state index contributed by atoms with van der Waals surface area (Å²) < 4.78 is 10.9. The third kappa shape index (κ3) is 2.64. The van der Waals surface area contributed by atoms with Crippen LogP contribution in [0.4, 0.5) is 5.82 Å². The SMILES string of the molecule is COc1ccc(OC)c2c1CN(c1cnc3ccccc3n1)C[C@@H]2O. The summed E-state index contributed by atoms with van der Waals surface area (Å²) in [4.78, 5) is 11.2. The lowest BCUT2D eigenvalue weighted by molar-refractivity contribution is 0.169. The Balaban J connectivity index is 1.77. The molecular weight excluding hydrogens is 318 g/mol. The molecule has 2 aromatic carbocycles. The van der Waals surface area contributed by atoms with Crippen LogP contribution in [0.3, 0.4) is 0 Å². The summed E-state index contributed by atoms with van der Waals surface area (Å²) in [7, 11) is 3.24. The number of hydrogen-bond donors (Lipinski definition) is 1. The molecular formula is C19H19N3O3. The maximum absolute atomic E-state index is 10.7. The number of aliphatic hydroxyl groups excluding tert-OH is 1. The van der Waals surface area contributed by atoms with Gasteiger partial charge in [-0.05, 0) is 24.3 Å². The van der Waals surface area contributed by atoms with Crippen LogP contribution in [-0.2, 0) is 6.54 Å². The van der Waals surface area contributed by atoms with Gasteiger partial charge in [-0.2, -0.15) is 0 Å². The van der Waals surface area contributed by atoms with Crippen LogP contribution in [0, 0.1) is 0 Å². The summed E-state index contributed by atoms with van der Waals surface area (Å²) in [5.41, 5.74) is 3.38. The van der Waals surface area contributed by atoms with E-state index >= 15 is 0 Å². The van der Waals surface area contributed by atoms with Gasteiger partial charge in [0.05, 0.1) is 38.0 Å². The lowest BCUT2D eigenvalue weighted by atomic mass is 9.95. The van der Waals surface area contributed by atoms with Crippen LogP contribution >= 0.6 is 0 Å². The lowest BCUT2D eigenvalue weighted by Crippen LogP contribution is -2.34. The third-order valence-corrected chi connectivity index (χ3v) is 4.55. The van der Waals surface area contributed by atoms with Gasteiger partial charge in [0.2, 0.25) is 0 Å². The highest BCUT2D eigenvalue weighted by molar-refractivity contribution is 5.75. The molecule has 6 heteroatoms. The van der Waals surface area contributed by atoms with E-state index in [-0.39, 0.29) is 0 Å². The molecule has 1 aliphatic heterocycles. The molecule has 0 radical (unpaired) electrons. The molecule has 128 valence electrons. The summed E-state index contributed by atoms with van der Waals surface area (Å²) in [6.45, 7) is 0.989. The van der Waals surface area contributed by atoms with Gasteiger partial charge < -0.3 is 19.5 Å². The van der Waals surface area contributed by atoms with Crippen molar-refractivity contribution in [3.05, 3.63) is 53.7 Å². The molecule has 25 heavy (non-hydrogen) atoms. The number of aromatic nitrogens is 2. The molecule has 1 N–H and O–H groups in total. The number of β-amino-alcohol motifs (C(OH)–C–C–N with tert-alkyl or cyclic N) is 1. The maximum Gasteiger partial charge on any atom is 0.148 e. The number of nitrogens with zero attached hydrogens (tertiary/aromatic N) is 3. The zero-order valence-corrected chi connectivity index (χ0v) is 14.1. The minimum absolute atomic E-state index is 0.420. The molecule has 0 spiro atoms. The number of ether oxygens (including phenoxy) is 2. The van der Waals surface area contributed by atoms with Crippen LogP contribution in [-0.4, -0.2) is 35.8 Å². The second-order valence-corrected chi connectivity index (χ2v) is 5.98. The molecule has 4 rings (SSSR count). The number of methoxy groups -OCH3 is 2. The molecule has 1 aromatic heterocycles. The predicted octanol–water partition coefficient (Wildman–Crippen LogP) is 2.70.